The van der Waals surface area contributed by atoms with Crippen molar-refractivity contribution < 1.29 is 0 Å². The van der Waals surface area contributed by atoms with Crippen LogP contribution in [0.2, 0.25) is 0 Å². The number of hydrogen-bond donors (Lipinski definition) is 0. The second-order valence-electron chi connectivity index (χ2n) is 6.48. The van der Waals surface area contributed by atoms with Gasteiger partial charge in [-0.05, 0) is 24.3 Å². The minimum absolute atomic E-state index is 0.803. The lowest BCUT2D eigenvalue weighted by Gasteiger charge is -2.10. The first-order valence-corrected chi connectivity index (χ1v) is 9.19. The highest BCUT2D eigenvalue weighted by Gasteiger charge is 2.17. The molecule has 0 radical (unpaired) electrons. The van der Waals surface area contributed by atoms with E-state index in [1.54, 1.807) is 0 Å². The molecule has 0 aliphatic heterocycles. The molecule has 4 nitrogen and oxygen atoms in total. The molecule has 0 aliphatic carbocycles. The van der Waals surface area contributed by atoms with E-state index in [4.69, 9.17) is 4.98 Å². The van der Waals surface area contributed by atoms with Crippen LogP contribution in [0.25, 0.3) is 34.3 Å². The van der Waals surface area contributed by atoms with Crippen molar-refractivity contribution in [1.29, 1.82) is 0 Å². The predicted octanol–water partition coefficient (Wildman–Crippen LogP) is 5.39. The Kier molecular flexibility index (Phi) is 4.07. The molecule has 3 aromatic carbocycles. The molecule has 0 atom stereocenters. The van der Waals surface area contributed by atoms with Gasteiger partial charge in [-0.3, -0.25) is 9.13 Å². The summed E-state index contributed by atoms with van der Waals surface area (Å²) in [7, 11) is 0. The minimum atomic E-state index is 0.803. The van der Waals surface area contributed by atoms with Gasteiger partial charge in [-0.1, -0.05) is 66.7 Å². The molecule has 0 saturated carbocycles. The summed E-state index contributed by atoms with van der Waals surface area (Å²) in [6, 6.07) is 30.7. The molecule has 2 aromatic heterocycles. The van der Waals surface area contributed by atoms with Gasteiger partial charge in [0.25, 0.3) is 0 Å². The Morgan fingerprint density at radius 1 is 0.571 bits per heavy atom. The number of nitrogens with zero attached hydrogens (tertiary/aromatic N) is 4. The summed E-state index contributed by atoms with van der Waals surface area (Å²) in [6.07, 6.45) is 5.86. The fraction of sp³-hybridized carbons (Fsp3) is 0. The van der Waals surface area contributed by atoms with Crippen LogP contribution in [0.4, 0.5) is 0 Å². The lowest BCUT2D eigenvalue weighted by molar-refractivity contribution is 0.988. The fourth-order valence-corrected chi connectivity index (χ4v) is 3.34. The van der Waals surface area contributed by atoms with E-state index < -0.39 is 0 Å². The van der Waals surface area contributed by atoms with Gasteiger partial charge in [-0.2, -0.15) is 0 Å². The topological polar surface area (TPSA) is 35.6 Å². The number of benzene rings is 3. The van der Waals surface area contributed by atoms with Crippen LogP contribution in [0.5, 0.6) is 0 Å². The Morgan fingerprint density at radius 2 is 1.14 bits per heavy atom. The third-order valence-corrected chi connectivity index (χ3v) is 4.68. The first-order chi connectivity index (χ1) is 13.9. The highest BCUT2D eigenvalue weighted by molar-refractivity contribution is 5.65. The van der Waals surface area contributed by atoms with Gasteiger partial charge in [0.1, 0.15) is 0 Å². The summed E-state index contributed by atoms with van der Waals surface area (Å²) < 4.78 is 4.17. The van der Waals surface area contributed by atoms with Gasteiger partial charge in [0, 0.05) is 35.5 Å². The number of rotatable bonds is 4. The molecule has 2 heterocycles. The third-order valence-electron chi connectivity index (χ3n) is 4.68. The average Bonchev–Trinajstić information content (AvgIpc) is 3.43. The van der Waals surface area contributed by atoms with E-state index in [0.717, 1.165) is 34.3 Å². The monoisotopic (exact) mass is 362 g/mol. The van der Waals surface area contributed by atoms with Crippen LogP contribution in [0.15, 0.2) is 110 Å². The van der Waals surface area contributed by atoms with Crippen molar-refractivity contribution in [3.05, 3.63) is 110 Å². The van der Waals surface area contributed by atoms with Crippen LogP contribution in [-0.2, 0) is 0 Å². The van der Waals surface area contributed by atoms with Gasteiger partial charge in [0.15, 0.2) is 11.6 Å². The Morgan fingerprint density at radius 3 is 1.79 bits per heavy atom. The molecular formula is C24H18N4. The van der Waals surface area contributed by atoms with Gasteiger partial charge in [-0.25, -0.2) is 9.97 Å². The number of hydrogen-bond acceptors (Lipinski definition) is 2. The summed E-state index contributed by atoms with van der Waals surface area (Å²) in [6.45, 7) is 0. The molecule has 0 bridgehead atoms. The molecule has 0 aliphatic rings. The maximum absolute atomic E-state index is 4.97. The van der Waals surface area contributed by atoms with Crippen LogP contribution in [0.3, 0.4) is 0 Å². The average molecular weight is 362 g/mol. The molecular weight excluding hydrogens is 344 g/mol. The van der Waals surface area contributed by atoms with Crippen molar-refractivity contribution >= 4 is 0 Å². The number of para-hydroxylation sites is 2. The zero-order valence-electron chi connectivity index (χ0n) is 15.2. The maximum atomic E-state index is 4.97. The number of aromatic nitrogens is 4. The fourth-order valence-electron chi connectivity index (χ4n) is 3.34. The second kappa shape index (κ2) is 7.00. The summed E-state index contributed by atoms with van der Waals surface area (Å²) in [5.41, 5.74) is 4.10. The van der Waals surface area contributed by atoms with Crippen LogP contribution in [0, 0.1) is 0 Å². The van der Waals surface area contributed by atoms with E-state index in [9.17, 15) is 0 Å². The highest BCUT2D eigenvalue weighted by atomic mass is 15.2. The molecule has 28 heavy (non-hydrogen) atoms. The van der Waals surface area contributed by atoms with E-state index >= 15 is 0 Å². The molecule has 4 heteroatoms. The molecule has 0 unspecified atom stereocenters. The van der Waals surface area contributed by atoms with Gasteiger partial charge < -0.3 is 0 Å². The molecule has 0 spiro atoms. The van der Waals surface area contributed by atoms with Crippen LogP contribution in [-0.4, -0.2) is 19.1 Å². The first kappa shape index (κ1) is 16.3. The summed E-state index contributed by atoms with van der Waals surface area (Å²) in [5.74, 6) is 1.61. The van der Waals surface area contributed by atoms with Crippen LogP contribution in [0.1, 0.15) is 0 Å². The van der Waals surface area contributed by atoms with Crippen molar-refractivity contribution in [3.63, 3.8) is 0 Å². The SMILES string of the molecule is c1ccc(-c2cn(-c3ccccc3)c(-c3nccn3-c3ccccc3)n2)cc1. The zero-order chi connectivity index (χ0) is 18.8. The van der Waals surface area contributed by atoms with Gasteiger partial charge in [0.05, 0.1) is 5.69 Å². The summed E-state index contributed by atoms with van der Waals surface area (Å²) >= 11 is 0. The maximum Gasteiger partial charge on any atom is 0.182 e. The van der Waals surface area contributed by atoms with Crippen molar-refractivity contribution in [1.82, 2.24) is 19.1 Å². The molecule has 0 N–H and O–H groups in total. The van der Waals surface area contributed by atoms with Crippen molar-refractivity contribution in [2.75, 3.05) is 0 Å². The lowest BCUT2D eigenvalue weighted by Crippen LogP contribution is -2.02. The van der Waals surface area contributed by atoms with Crippen LogP contribution >= 0.6 is 0 Å². The Hall–Kier alpha value is -3.92. The van der Waals surface area contributed by atoms with E-state index in [0.29, 0.717) is 0 Å². The standard InChI is InChI=1S/C24H18N4/c1-4-10-19(11-5-1)22-18-28(21-14-8-3-9-15-21)24(26-22)23-25-16-17-27(23)20-12-6-2-7-13-20/h1-18H. The molecule has 5 rings (SSSR count). The quantitative estimate of drug-likeness (QED) is 0.429. The van der Waals surface area contributed by atoms with E-state index in [1.165, 1.54) is 0 Å². The molecule has 5 aromatic rings. The van der Waals surface area contributed by atoms with Crippen molar-refractivity contribution in [2.45, 2.75) is 0 Å². The van der Waals surface area contributed by atoms with Gasteiger partial charge >= 0.3 is 0 Å². The molecule has 0 amide bonds. The molecule has 0 fully saturated rings. The van der Waals surface area contributed by atoms with Gasteiger partial charge in [0.2, 0.25) is 0 Å². The lowest BCUT2D eigenvalue weighted by atomic mass is 10.2. The summed E-state index contributed by atoms with van der Waals surface area (Å²) in [4.78, 5) is 9.60. The Labute approximate surface area is 163 Å². The highest BCUT2D eigenvalue weighted by Crippen LogP contribution is 2.28. The predicted molar refractivity (Wildman–Crippen MR) is 112 cm³/mol. The van der Waals surface area contributed by atoms with E-state index in [2.05, 4.69) is 56.7 Å². The Balaban J connectivity index is 1.72. The third kappa shape index (κ3) is 2.91. The second-order valence-corrected chi connectivity index (χ2v) is 6.48. The Bertz CT molecular complexity index is 1190. The molecule has 134 valence electrons. The largest absolute Gasteiger partial charge is 0.297 e. The zero-order valence-corrected chi connectivity index (χ0v) is 15.2. The van der Waals surface area contributed by atoms with E-state index in [-0.39, 0.29) is 0 Å². The van der Waals surface area contributed by atoms with Crippen LogP contribution < -0.4 is 0 Å². The van der Waals surface area contributed by atoms with Crippen molar-refractivity contribution in [3.8, 4) is 34.3 Å². The minimum Gasteiger partial charge on any atom is -0.297 e. The number of imidazole rings is 2. The van der Waals surface area contributed by atoms with Gasteiger partial charge in [-0.15, -0.1) is 0 Å². The molecule has 0 saturated heterocycles. The summed E-state index contributed by atoms with van der Waals surface area (Å²) in [5, 5.41) is 0. The smallest absolute Gasteiger partial charge is 0.182 e. The first-order valence-electron chi connectivity index (χ1n) is 9.19. The van der Waals surface area contributed by atoms with Crippen molar-refractivity contribution in [2.24, 2.45) is 0 Å². The normalized spacial score (nSPS) is 10.9. The van der Waals surface area contributed by atoms with E-state index in [1.807, 2.05) is 67.0 Å².